The van der Waals surface area contributed by atoms with Crippen molar-refractivity contribution < 1.29 is 13.2 Å². The van der Waals surface area contributed by atoms with Crippen LogP contribution in [-0.2, 0) is 9.84 Å². The average Bonchev–Trinajstić information content (AvgIpc) is 2.90. The van der Waals surface area contributed by atoms with Crippen molar-refractivity contribution in [3.05, 3.63) is 0 Å². The van der Waals surface area contributed by atoms with Gasteiger partial charge in [-0.1, -0.05) is 12.8 Å². The highest BCUT2D eigenvalue weighted by atomic mass is 32.2. The lowest BCUT2D eigenvalue weighted by molar-refractivity contribution is 0.185. The van der Waals surface area contributed by atoms with Crippen molar-refractivity contribution in [2.24, 2.45) is 0 Å². The van der Waals surface area contributed by atoms with Crippen molar-refractivity contribution in [1.82, 2.24) is 15.1 Å². The molecule has 0 bridgehead atoms. The van der Waals surface area contributed by atoms with Crippen molar-refractivity contribution >= 4 is 15.9 Å². The SMILES string of the molecule is O=C(NC1CCCS(=O)(=O)C1)N1CCCN(C2CCCC2)CC1. The van der Waals surface area contributed by atoms with Crippen LogP contribution in [0.5, 0.6) is 0 Å². The number of nitrogens with one attached hydrogen (secondary N) is 1. The van der Waals surface area contributed by atoms with Crippen LogP contribution in [0, 0.1) is 0 Å². The lowest BCUT2D eigenvalue weighted by Gasteiger charge is -2.29. The number of urea groups is 1. The Morgan fingerprint density at radius 3 is 2.43 bits per heavy atom. The molecule has 1 saturated carbocycles. The van der Waals surface area contributed by atoms with Crippen molar-refractivity contribution in [2.45, 2.75) is 57.0 Å². The monoisotopic (exact) mass is 343 g/mol. The van der Waals surface area contributed by atoms with Gasteiger partial charge < -0.3 is 10.2 Å². The first kappa shape index (κ1) is 17.0. The van der Waals surface area contributed by atoms with Crippen LogP contribution in [0.15, 0.2) is 0 Å². The van der Waals surface area contributed by atoms with E-state index in [1.165, 1.54) is 25.7 Å². The smallest absolute Gasteiger partial charge is 0.317 e. The van der Waals surface area contributed by atoms with Gasteiger partial charge in [-0.05, 0) is 32.1 Å². The second kappa shape index (κ2) is 7.38. The quantitative estimate of drug-likeness (QED) is 0.818. The maximum absolute atomic E-state index is 12.5. The normalized spacial score (nSPS) is 30.1. The van der Waals surface area contributed by atoms with E-state index in [1.54, 1.807) is 0 Å². The fourth-order valence-corrected chi connectivity index (χ4v) is 5.81. The number of hydrogen-bond acceptors (Lipinski definition) is 4. The number of carbonyl (C=O) groups is 1. The molecule has 0 radical (unpaired) electrons. The first-order chi connectivity index (χ1) is 11.0. The van der Waals surface area contributed by atoms with E-state index >= 15 is 0 Å². The van der Waals surface area contributed by atoms with Crippen LogP contribution >= 0.6 is 0 Å². The van der Waals surface area contributed by atoms with E-state index in [2.05, 4.69) is 10.2 Å². The topological polar surface area (TPSA) is 69.7 Å². The molecule has 2 aliphatic heterocycles. The minimum Gasteiger partial charge on any atom is -0.334 e. The minimum absolute atomic E-state index is 0.0830. The Labute approximate surface area is 139 Å². The van der Waals surface area contributed by atoms with Gasteiger partial charge in [0.25, 0.3) is 0 Å². The molecule has 7 heteroatoms. The summed E-state index contributed by atoms with van der Waals surface area (Å²) in [4.78, 5) is 16.9. The molecule has 1 N–H and O–H groups in total. The van der Waals surface area contributed by atoms with E-state index in [4.69, 9.17) is 0 Å². The van der Waals surface area contributed by atoms with Crippen molar-refractivity contribution in [2.75, 3.05) is 37.7 Å². The van der Waals surface area contributed by atoms with Gasteiger partial charge >= 0.3 is 6.03 Å². The number of sulfone groups is 1. The minimum atomic E-state index is -2.98. The highest BCUT2D eigenvalue weighted by Crippen LogP contribution is 2.24. The molecule has 3 fully saturated rings. The molecule has 132 valence electrons. The fraction of sp³-hybridized carbons (Fsp3) is 0.938. The Balaban J connectivity index is 1.49. The van der Waals surface area contributed by atoms with E-state index in [9.17, 15) is 13.2 Å². The molecule has 2 saturated heterocycles. The number of hydrogen-bond donors (Lipinski definition) is 1. The Bertz CT molecular complexity index is 517. The molecule has 0 aromatic heterocycles. The van der Waals surface area contributed by atoms with E-state index < -0.39 is 9.84 Å². The third-order valence-corrected chi connectivity index (χ3v) is 7.27. The van der Waals surface area contributed by atoms with Gasteiger partial charge in [0.05, 0.1) is 11.5 Å². The summed E-state index contributed by atoms with van der Waals surface area (Å²) in [7, 11) is -2.98. The van der Waals surface area contributed by atoms with E-state index in [0.29, 0.717) is 12.5 Å². The number of carbonyl (C=O) groups excluding carboxylic acids is 1. The molecular formula is C16H29N3O3S. The molecular weight excluding hydrogens is 314 g/mol. The zero-order valence-electron chi connectivity index (χ0n) is 13.9. The Morgan fingerprint density at radius 1 is 0.913 bits per heavy atom. The van der Waals surface area contributed by atoms with Crippen molar-refractivity contribution in [1.29, 1.82) is 0 Å². The molecule has 1 unspecified atom stereocenters. The van der Waals surface area contributed by atoms with Crippen molar-refractivity contribution in [3.63, 3.8) is 0 Å². The molecule has 6 nitrogen and oxygen atoms in total. The standard InChI is InChI=1S/C16H29N3O3S/c20-16(17-14-5-3-12-23(21,22)13-14)19-9-4-8-18(10-11-19)15-6-1-2-7-15/h14-15H,1-13H2,(H,17,20). The summed E-state index contributed by atoms with van der Waals surface area (Å²) >= 11 is 0. The molecule has 1 aliphatic carbocycles. The van der Waals surface area contributed by atoms with Gasteiger partial charge in [-0.25, -0.2) is 13.2 Å². The van der Waals surface area contributed by atoms with Gasteiger partial charge in [-0.3, -0.25) is 4.90 Å². The lowest BCUT2D eigenvalue weighted by Crippen LogP contribution is -2.50. The first-order valence-corrected chi connectivity index (χ1v) is 10.9. The van der Waals surface area contributed by atoms with Gasteiger partial charge in [-0.2, -0.15) is 0 Å². The van der Waals surface area contributed by atoms with Crippen LogP contribution in [0.1, 0.15) is 44.9 Å². The molecule has 0 spiro atoms. The Kier molecular flexibility index (Phi) is 5.46. The number of nitrogens with zero attached hydrogens (tertiary/aromatic N) is 2. The summed E-state index contributed by atoms with van der Waals surface area (Å²) in [6.07, 6.45) is 7.70. The van der Waals surface area contributed by atoms with Gasteiger partial charge in [0.2, 0.25) is 0 Å². The third-order valence-electron chi connectivity index (χ3n) is 5.45. The third kappa shape index (κ3) is 4.59. The maximum atomic E-state index is 12.5. The second-order valence-electron chi connectivity index (χ2n) is 7.22. The van der Waals surface area contributed by atoms with Gasteiger partial charge in [0.15, 0.2) is 9.84 Å². The summed E-state index contributed by atoms with van der Waals surface area (Å²) in [5.74, 6) is 0.361. The van der Waals surface area contributed by atoms with E-state index in [1.807, 2.05) is 4.90 Å². The molecule has 0 aromatic rings. The Morgan fingerprint density at radius 2 is 1.70 bits per heavy atom. The second-order valence-corrected chi connectivity index (χ2v) is 9.45. The fourth-order valence-electron chi connectivity index (χ4n) is 4.18. The first-order valence-electron chi connectivity index (χ1n) is 9.03. The summed E-state index contributed by atoms with van der Waals surface area (Å²) < 4.78 is 23.4. The maximum Gasteiger partial charge on any atom is 0.317 e. The van der Waals surface area contributed by atoms with Crippen LogP contribution in [0.25, 0.3) is 0 Å². The van der Waals surface area contributed by atoms with Crippen LogP contribution in [-0.4, -0.2) is 74.0 Å². The average molecular weight is 343 g/mol. The predicted octanol–water partition coefficient (Wildman–Crippen LogP) is 1.22. The number of rotatable bonds is 2. The molecule has 3 aliphatic rings. The summed E-state index contributed by atoms with van der Waals surface area (Å²) in [6, 6.07) is 0.414. The molecule has 0 aromatic carbocycles. The molecule has 1 atom stereocenters. The summed E-state index contributed by atoms with van der Waals surface area (Å²) in [6.45, 7) is 3.55. The van der Waals surface area contributed by atoms with E-state index in [-0.39, 0.29) is 23.6 Å². The van der Waals surface area contributed by atoms with Crippen LogP contribution in [0.2, 0.25) is 0 Å². The van der Waals surface area contributed by atoms with E-state index in [0.717, 1.165) is 39.0 Å². The van der Waals surface area contributed by atoms with Gasteiger partial charge in [-0.15, -0.1) is 0 Å². The highest BCUT2D eigenvalue weighted by molar-refractivity contribution is 7.91. The highest BCUT2D eigenvalue weighted by Gasteiger charge is 2.29. The lowest BCUT2D eigenvalue weighted by atomic mass is 10.2. The molecule has 3 rings (SSSR count). The van der Waals surface area contributed by atoms with Crippen LogP contribution in [0.3, 0.4) is 0 Å². The Hall–Kier alpha value is -0.820. The summed E-state index contributed by atoms with van der Waals surface area (Å²) in [5, 5.41) is 2.95. The zero-order chi connectivity index (χ0) is 16.3. The van der Waals surface area contributed by atoms with Crippen LogP contribution < -0.4 is 5.32 Å². The number of amides is 2. The zero-order valence-corrected chi connectivity index (χ0v) is 14.7. The molecule has 2 heterocycles. The molecule has 23 heavy (non-hydrogen) atoms. The molecule has 2 amide bonds. The van der Waals surface area contributed by atoms with Crippen molar-refractivity contribution in [3.8, 4) is 0 Å². The largest absolute Gasteiger partial charge is 0.334 e. The van der Waals surface area contributed by atoms with Gasteiger partial charge in [0.1, 0.15) is 0 Å². The predicted molar refractivity (Wildman–Crippen MR) is 90.2 cm³/mol. The summed E-state index contributed by atoms with van der Waals surface area (Å²) in [5.41, 5.74) is 0. The van der Waals surface area contributed by atoms with Crippen LogP contribution in [0.4, 0.5) is 4.79 Å². The van der Waals surface area contributed by atoms with Gasteiger partial charge in [0, 0.05) is 38.3 Å².